The molecule has 0 saturated heterocycles. The zero-order chi connectivity index (χ0) is 20.8. The van der Waals surface area contributed by atoms with Crippen LogP contribution >= 0.6 is 0 Å². The molecule has 1 fully saturated rings. The Bertz CT molecular complexity index is 773. The summed E-state index contributed by atoms with van der Waals surface area (Å²) < 4.78 is 0. The summed E-state index contributed by atoms with van der Waals surface area (Å²) in [6.45, 7) is 16.6. The highest BCUT2D eigenvalue weighted by Crippen LogP contribution is 2.60. The molecule has 0 nitrogen and oxygen atoms in total. The number of rotatable bonds is 0. The second-order valence-electron chi connectivity index (χ2n) is 7.35. The molecule has 0 amide bonds. The minimum atomic E-state index is 0.634. The molecule has 0 aromatic carbocycles. The number of hydrogen-bond donors (Lipinski definition) is 0. The van der Waals surface area contributed by atoms with Crippen molar-refractivity contribution in [2.75, 3.05) is 0 Å². The van der Waals surface area contributed by atoms with Crippen LogP contribution in [0.4, 0.5) is 0 Å². The Morgan fingerprint density at radius 2 is 1.54 bits per heavy atom. The molecule has 5 aliphatic carbocycles. The van der Waals surface area contributed by atoms with Crippen molar-refractivity contribution >= 4 is 0 Å². The van der Waals surface area contributed by atoms with E-state index in [4.69, 9.17) is 0 Å². The Morgan fingerprint density at radius 1 is 0.821 bits per heavy atom. The minimum Gasteiger partial charge on any atom is -0.0875 e. The van der Waals surface area contributed by atoms with E-state index >= 15 is 0 Å². The lowest BCUT2D eigenvalue weighted by molar-refractivity contribution is 0.259. The lowest BCUT2D eigenvalue weighted by Gasteiger charge is -2.53. The first kappa shape index (κ1) is 22.5. The second kappa shape index (κ2) is 10.1. The van der Waals surface area contributed by atoms with Gasteiger partial charge in [0.05, 0.1) is 0 Å². The van der Waals surface area contributed by atoms with Gasteiger partial charge in [-0.15, -0.1) is 0 Å². The Kier molecular flexibility index (Phi) is 8.10. The van der Waals surface area contributed by atoms with Crippen molar-refractivity contribution in [2.45, 2.75) is 68.2 Å². The van der Waals surface area contributed by atoms with Crippen molar-refractivity contribution < 1.29 is 0 Å². The fourth-order valence-electron chi connectivity index (χ4n) is 5.52. The van der Waals surface area contributed by atoms with Gasteiger partial charge < -0.3 is 0 Å². The third kappa shape index (κ3) is 3.59. The van der Waals surface area contributed by atoms with E-state index in [0.717, 1.165) is 6.42 Å². The van der Waals surface area contributed by atoms with Crippen LogP contribution < -0.4 is 0 Å². The van der Waals surface area contributed by atoms with Gasteiger partial charge in [0.15, 0.2) is 0 Å². The predicted molar refractivity (Wildman–Crippen MR) is 126 cm³/mol. The number of allylic oxidation sites excluding steroid dienone is 14. The molecule has 5 rings (SSSR count). The maximum Gasteiger partial charge on any atom is 0.0126 e. The van der Waals surface area contributed by atoms with Gasteiger partial charge in [-0.2, -0.15) is 0 Å². The average Bonchev–Trinajstić information content (AvgIpc) is 2.79. The van der Waals surface area contributed by atoms with Gasteiger partial charge in [-0.25, -0.2) is 0 Å². The molecule has 0 aliphatic heterocycles. The zero-order valence-electron chi connectivity index (χ0n) is 19.3. The van der Waals surface area contributed by atoms with Gasteiger partial charge in [-0.1, -0.05) is 112 Å². The maximum atomic E-state index is 2.54. The highest BCUT2D eigenvalue weighted by atomic mass is 14.5. The third-order valence-corrected chi connectivity index (χ3v) is 6.42. The smallest absolute Gasteiger partial charge is 0.0126 e. The summed E-state index contributed by atoms with van der Waals surface area (Å²) in [6.07, 6.45) is 21.5. The molecule has 152 valence electrons. The first-order valence-corrected chi connectivity index (χ1v) is 11.6. The average molecular weight is 377 g/mol. The van der Waals surface area contributed by atoms with Crippen LogP contribution in [0.5, 0.6) is 0 Å². The molecule has 4 unspecified atom stereocenters. The molecule has 0 heterocycles. The van der Waals surface area contributed by atoms with Crippen LogP contribution in [0.15, 0.2) is 82.0 Å². The summed E-state index contributed by atoms with van der Waals surface area (Å²) in [6, 6.07) is 0. The van der Waals surface area contributed by atoms with Crippen LogP contribution in [0, 0.1) is 23.7 Å². The summed E-state index contributed by atoms with van der Waals surface area (Å²) >= 11 is 0. The molecule has 1 saturated carbocycles. The van der Waals surface area contributed by atoms with Crippen LogP contribution in [-0.4, -0.2) is 0 Å². The first-order chi connectivity index (χ1) is 13.8. The number of hydrogen-bond acceptors (Lipinski definition) is 0. The van der Waals surface area contributed by atoms with E-state index in [2.05, 4.69) is 62.5 Å². The van der Waals surface area contributed by atoms with Crippen molar-refractivity contribution in [3.63, 3.8) is 0 Å². The molecular weight excluding hydrogens is 336 g/mol. The normalized spacial score (nSPS) is 31.6. The fourth-order valence-corrected chi connectivity index (χ4v) is 5.52. The maximum absolute atomic E-state index is 2.54. The van der Waals surface area contributed by atoms with Gasteiger partial charge in [-0.3, -0.25) is 0 Å². The molecule has 0 spiro atoms. The SMILES string of the molecule is C/C=C1/CC2=CCC3=CC=CC4=CC5=CC=C(C)C1C5C2C43.CC.CC.CC. The van der Waals surface area contributed by atoms with E-state index in [1.165, 1.54) is 6.42 Å². The lowest BCUT2D eigenvalue weighted by atomic mass is 9.51. The zero-order valence-corrected chi connectivity index (χ0v) is 19.3. The van der Waals surface area contributed by atoms with Crippen LogP contribution in [-0.2, 0) is 0 Å². The van der Waals surface area contributed by atoms with Gasteiger partial charge in [0.25, 0.3) is 0 Å². The Hall–Kier alpha value is -1.82. The largest absolute Gasteiger partial charge is 0.0875 e. The third-order valence-electron chi connectivity index (χ3n) is 6.42. The molecular formula is C28H40. The molecule has 5 aliphatic rings. The fraction of sp³-hybridized carbons (Fsp3) is 0.500. The second-order valence-corrected chi connectivity index (χ2v) is 7.35. The van der Waals surface area contributed by atoms with Crippen molar-refractivity contribution in [3.8, 4) is 0 Å². The molecule has 0 heteroatoms. The van der Waals surface area contributed by atoms with E-state index in [1.54, 1.807) is 33.4 Å². The van der Waals surface area contributed by atoms with Gasteiger partial charge in [0.1, 0.15) is 0 Å². The molecule has 0 aromatic rings. The minimum absolute atomic E-state index is 0.634. The van der Waals surface area contributed by atoms with E-state index in [1.807, 2.05) is 41.5 Å². The Morgan fingerprint density at radius 3 is 2.21 bits per heavy atom. The van der Waals surface area contributed by atoms with E-state index < -0.39 is 0 Å². The molecule has 28 heavy (non-hydrogen) atoms. The highest BCUT2D eigenvalue weighted by molar-refractivity contribution is 5.56. The summed E-state index contributed by atoms with van der Waals surface area (Å²) in [7, 11) is 0. The van der Waals surface area contributed by atoms with E-state index in [9.17, 15) is 0 Å². The standard InChI is InChI=1S/C22H22.3C2H6/c1-3-14-11-18-10-9-15-5-4-6-16-12-17-8-7-13(2)19(14)21(17)22(18)20(15)16;3*1-2/h3-8,10,12,19-22H,9,11H2,1-2H3;3*1-2H3/b14-3-;;;. The molecule has 4 atom stereocenters. The summed E-state index contributed by atoms with van der Waals surface area (Å²) in [5.41, 5.74) is 9.65. The Labute approximate surface area is 174 Å². The summed E-state index contributed by atoms with van der Waals surface area (Å²) in [5.74, 6) is 2.66. The Balaban J connectivity index is 0.000000430. The van der Waals surface area contributed by atoms with Gasteiger partial charge in [-0.05, 0) is 43.8 Å². The van der Waals surface area contributed by atoms with Crippen molar-refractivity contribution in [1.29, 1.82) is 0 Å². The molecule has 0 N–H and O–H groups in total. The monoisotopic (exact) mass is 376 g/mol. The van der Waals surface area contributed by atoms with E-state index in [-0.39, 0.29) is 0 Å². The van der Waals surface area contributed by atoms with Crippen molar-refractivity contribution in [3.05, 3.63) is 82.0 Å². The van der Waals surface area contributed by atoms with Crippen LogP contribution in [0.2, 0.25) is 0 Å². The van der Waals surface area contributed by atoms with Crippen molar-refractivity contribution in [2.24, 2.45) is 23.7 Å². The molecule has 0 radical (unpaired) electrons. The topological polar surface area (TPSA) is 0 Å². The highest BCUT2D eigenvalue weighted by Gasteiger charge is 2.49. The van der Waals surface area contributed by atoms with Gasteiger partial charge in [0.2, 0.25) is 0 Å². The van der Waals surface area contributed by atoms with Gasteiger partial charge >= 0.3 is 0 Å². The molecule has 0 aromatic heterocycles. The van der Waals surface area contributed by atoms with Crippen LogP contribution in [0.3, 0.4) is 0 Å². The quantitative estimate of drug-likeness (QED) is 0.371. The van der Waals surface area contributed by atoms with E-state index in [0.29, 0.717) is 23.7 Å². The lowest BCUT2D eigenvalue weighted by Crippen LogP contribution is -2.43. The molecule has 0 bridgehead atoms. The van der Waals surface area contributed by atoms with Crippen LogP contribution in [0.25, 0.3) is 0 Å². The van der Waals surface area contributed by atoms with Crippen LogP contribution in [0.1, 0.15) is 68.2 Å². The van der Waals surface area contributed by atoms with Gasteiger partial charge in [0, 0.05) is 17.8 Å². The summed E-state index contributed by atoms with van der Waals surface area (Å²) in [4.78, 5) is 0. The first-order valence-electron chi connectivity index (χ1n) is 11.6. The van der Waals surface area contributed by atoms with Crippen molar-refractivity contribution in [1.82, 2.24) is 0 Å². The predicted octanol–water partition coefficient (Wildman–Crippen LogP) is 8.53. The summed E-state index contributed by atoms with van der Waals surface area (Å²) in [5, 5.41) is 0.